The molecule has 0 radical (unpaired) electrons. The highest BCUT2D eigenvalue weighted by molar-refractivity contribution is 6.65. The molecule has 0 bridgehead atoms. The number of methoxy groups -OCH3 is 1. The maximum absolute atomic E-state index is 10.6. The van der Waals surface area contributed by atoms with Crippen molar-refractivity contribution in [3.63, 3.8) is 0 Å². The highest BCUT2D eigenvalue weighted by atomic mass is 35.5. The number of halogens is 1. The highest BCUT2D eigenvalue weighted by Crippen LogP contribution is 2.00. The van der Waals surface area contributed by atoms with Crippen LogP contribution >= 0.6 is 11.6 Å². The SMILES string of the molecule is CON=C(Cl)CC(O)C(=O)OC. The summed E-state index contributed by atoms with van der Waals surface area (Å²) in [7, 11) is 2.49. The minimum Gasteiger partial charge on any atom is -0.467 e. The Morgan fingerprint density at radius 3 is 2.67 bits per heavy atom. The summed E-state index contributed by atoms with van der Waals surface area (Å²) in [5.74, 6) is -0.751. The summed E-state index contributed by atoms with van der Waals surface area (Å²) >= 11 is 5.43. The molecule has 0 aliphatic heterocycles. The molecule has 5 nitrogen and oxygen atoms in total. The van der Waals surface area contributed by atoms with E-state index in [-0.39, 0.29) is 11.6 Å². The van der Waals surface area contributed by atoms with Gasteiger partial charge in [-0.1, -0.05) is 16.8 Å². The number of carbonyl (C=O) groups excluding carboxylic acids is 1. The molecule has 12 heavy (non-hydrogen) atoms. The van der Waals surface area contributed by atoms with Gasteiger partial charge in [0.05, 0.1) is 7.11 Å². The predicted molar refractivity (Wildman–Crippen MR) is 42.9 cm³/mol. The van der Waals surface area contributed by atoms with Crippen LogP contribution < -0.4 is 0 Å². The van der Waals surface area contributed by atoms with E-state index in [1.807, 2.05) is 0 Å². The molecule has 0 spiro atoms. The number of hydrogen-bond acceptors (Lipinski definition) is 5. The van der Waals surface area contributed by atoms with E-state index in [1.54, 1.807) is 0 Å². The monoisotopic (exact) mass is 195 g/mol. The van der Waals surface area contributed by atoms with Gasteiger partial charge in [-0.25, -0.2) is 4.79 Å². The minimum atomic E-state index is -1.29. The maximum atomic E-state index is 10.6. The third-order valence-electron chi connectivity index (χ3n) is 1.03. The lowest BCUT2D eigenvalue weighted by Gasteiger charge is -2.05. The van der Waals surface area contributed by atoms with Crippen LogP contribution in [0, 0.1) is 0 Å². The molecule has 0 aliphatic rings. The average molecular weight is 196 g/mol. The molecular formula is C6H10ClNO4. The highest BCUT2D eigenvalue weighted by Gasteiger charge is 2.17. The molecule has 0 saturated carbocycles. The largest absolute Gasteiger partial charge is 0.467 e. The third-order valence-corrected chi connectivity index (χ3v) is 1.25. The lowest BCUT2D eigenvalue weighted by atomic mass is 10.3. The maximum Gasteiger partial charge on any atom is 0.335 e. The Labute approximate surface area is 74.9 Å². The molecule has 1 N–H and O–H groups in total. The van der Waals surface area contributed by atoms with E-state index < -0.39 is 12.1 Å². The van der Waals surface area contributed by atoms with Crippen LogP contribution in [0.4, 0.5) is 0 Å². The van der Waals surface area contributed by atoms with Gasteiger partial charge in [-0.3, -0.25) is 0 Å². The molecule has 0 aliphatic carbocycles. The van der Waals surface area contributed by atoms with Crippen LogP contribution in [0.1, 0.15) is 6.42 Å². The summed E-state index contributed by atoms with van der Waals surface area (Å²) in [5, 5.41) is 12.3. The second-order valence-corrected chi connectivity index (χ2v) is 2.33. The molecule has 0 saturated heterocycles. The summed E-state index contributed by atoms with van der Waals surface area (Å²) in [6, 6.07) is 0. The fourth-order valence-electron chi connectivity index (χ4n) is 0.515. The van der Waals surface area contributed by atoms with Gasteiger partial charge >= 0.3 is 5.97 Å². The Morgan fingerprint density at radius 1 is 1.67 bits per heavy atom. The molecule has 6 heteroatoms. The molecule has 0 amide bonds. The molecule has 0 aromatic heterocycles. The molecular weight excluding hydrogens is 186 g/mol. The van der Waals surface area contributed by atoms with Gasteiger partial charge in [0.15, 0.2) is 6.10 Å². The number of ether oxygens (including phenoxy) is 1. The third kappa shape index (κ3) is 4.15. The van der Waals surface area contributed by atoms with Gasteiger partial charge in [0.1, 0.15) is 12.3 Å². The zero-order chi connectivity index (χ0) is 9.56. The fourth-order valence-corrected chi connectivity index (χ4v) is 0.730. The quantitative estimate of drug-likeness (QED) is 0.393. The van der Waals surface area contributed by atoms with Crippen molar-refractivity contribution in [1.29, 1.82) is 0 Å². The van der Waals surface area contributed by atoms with Crippen molar-refractivity contribution in [3.8, 4) is 0 Å². The van der Waals surface area contributed by atoms with Crippen LogP contribution in [0.5, 0.6) is 0 Å². The lowest BCUT2D eigenvalue weighted by molar-refractivity contribution is -0.149. The first-order valence-corrected chi connectivity index (χ1v) is 3.51. The number of carbonyl (C=O) groups is 1. The minimum absolute atomic E-state index is 0.00963. The molecule has 0 aromatic rings. The average Bonchev–Trinajstić information content (AvgIpc) is 2.03. The van der Waals surface area contributed by atoms with E-state index >= 15 is 0 Å². The molecule has 0 heterocycles. The van der Waals surface area contributed by atoms with Gasteiger partial charge in [-0.15, -0.1) is 0 Å². The van der Waals surface area contributed by atoms with Crippen molar-refractivity contribution in [2.24, 2.45) is 5.16 Å². The fraction of sp³-hybridized carbons (Fsp3) is 0.667. The molecule has 0 rings (SSSR count). The van der Waals surface area contributed by atoms with Crippen molar-refractivity contribution in [2.45, 2.75) is 12.5 Å². The number of esters is 1. The zero-order valence-corrected chi connectivity index (χ0v) is 7.54. The molecule has 70 valence electrons. The number of hydrogen-bond donors (Lipinski definition) is 1. The van der Waals surface area contributed by atoms with Gasteiger partial charge in [0, 0.05) is 6.42 Å². The first-order chi connectivity index (χ1) is 5.61. The Kier molecular flexibility index (Phi) is 5.40. The molecule has 0 fully saturated rings. The van der Waals surface area contributed by atoms with E-state index in [0.717, 1.165) is 0 Å². The first kappa shape index (κ1) is 11.2. The normalized spacial score (nSPS) is 13.8. The Morgan fingerprint density at radius 2 is 2.25 bits per heavy atom. The topological polar surface area (TPSA) is 68.1 Å². The number of rotatable bonds is 4. The smallest absolute Gasteiger partial charge is 0.335 e. The summed E-state index contributed by atoms with van der Waals surface area (Å²) in [6.45, 7) is 0. The van der Waals surface area contributed by atoms with Crippen LogP contribution in [0.2, 0.25) is 0 Å². The van der Waals surface area contributed by atoms with Crippen molar-refractivity contribution < 1.29 is 19.5 Å². The summed E-state index contributed by atoms with van der Waals surface area (Å²) in [4.78, 5) is 14.9. The number of aliphatic hydroxyl groups excluding tert-OH is 1. The van der Waals surface area contributed by atoms with E-state index in [0.29, 0.717) is 0 Å². The van der Waals surface area contributed by atoms with Gasteiger partial charge in [0.25, 0.3) is 0 Å². The Hall–Kier alpha value is -0.810. The number of aliphatic hydroxyl groups is 1. The Bertz CT molecular complexity index is 182. The summed E-state index contributed by atoms with van der Waals surface area (Å²) in [5.41, 5.74) is 0. The van der Waals surface area contributed by atoms with E-state index in [4.69, 9.17) is 16.7 Å². The van der Waals surface area contributed by atoms with Crippen molar-refractivity contribution in [3.05, 3.63) is 0 Å². The second kappa shape index (κ2) is 5.79. The van der Waals surface area contributed by atoms with Crippen molar-refractivity contribution in [1.82, 2.24) is 0 Å². The van der Waals surface area contributed by atoms with Crippen LogP contribution in [0.25, 0.3) is 0 Å². The summed E-state index contributed by atoms with van der Waals surface area (Å²) < 4.78 is 4.25. The molecule has 1 atom stereocenters. The van der Waals surface area contributed by atoms with Crippen LogP contribution in [-0.2, 0) is 14.4 Å². The number of oxime groups is 1. The molecule has 0 aromatic carbocycles. The zero-order valence-electron chi connectivity index (χ0n) is 6.78. The van der Waals surface area contributed by atoms with E-state index in [9.17, 15) is 4.79 Å². The van der Waals surface area contributed by atoms with Crippen molar-refractivity contribution in [2.75, 3.05) is 14.2 Å². The van der Waals surface area contributed by atoms with E-state index in [2.05, 4.69) is 14.7 Å². The van der Waals surface area contributed by atoms with Crippen LogP contribution in [0.15, 0.2) is 5.16 Å². The van der Waals surface area contributed by atoms with Crippen LogP contribution in [-0.4, -0.2) is 36.6 Å². The van der Waals surface area contributed by atoms with Gasteiger partial charge in [0.2, 0.25) is 0 Å². The predicted octanol–water partition coefficient (Wildman–Crippen LogP) is 0.109. The van der Waals surface area contributed by atoms with Crippen molar-refractivity contribution >= 4 is 22.7 Å². The molecule has 1 unspecified atom stereocenters. The summed E-state index contributed by atoms with van der Waals surface area (Å²) in [6.07, 6.45) is -1.40. The van der Waals surface area contributed by atoms with E-state index in [1.165, 1.54) is 14.2 Å². The van der Waals surface area contributed by atoms with Crippen LogP contribution in [0.3, 0.4) is 0 Å². The van der Waals surface area contributed by atoms with Gasteiger partial charge in [-0.2, -0.15) is 0 Å². The number of nitrogens with zero attached hydrogens (tertiary/aromatic N) is 1. The standard InChI is InChI=1S/C6H10ClNO4/c1-11-6(10)4(9)3-5(7)8-12-2/h4,9H,3H2,1-2H3. The van der Waals surface area contributed by atoms with Gasteiger partial charge in [-0.05, 0) is 0 Å². The Balaban J connectivity index is 3.91. The lowest BCUT2D eigenvalue weighted by Crippen LogP contribution is -2.23. The first-order valence-electron chi connectivity index (χ1n) is 3.13. The second-order valence-electron chi connectivity index (χ2n) is 1.89. The van der Waals surface area contributed by atoms with Gasteiger partial charge < -0.3 is 14.7 Å².